The van der Waals surface area contributed by atoms with E-state index in [1.165, 1.54) is 0 Å². The Balaban J connectivity index is 1.72. The third kappa shape index (κ3) is 3.35. The Bertz CT molecular complexity index is 717. The van der Waals surface area contributed by atoms with Crippen molar-refractivity contribution < 1.29 is 0 Å². The van der Waals surface area contributed by atoms with Gasteiger partial charge in [0.1, 0.15) is 0 Å². The SMILES string of the molecule is CN(c1ccccc1)c1cnnc(NCc2ccccn2)n1. The lowest BCUT2D eigenvalue weighted by molar-refractivity contribution is 0.919. The van der Waals surface area contributed by atoms with E-state index < -0.39 is 0 Å². The summed E-state index contributed by atoms with van der Waals surface area (Å²) in [5.74, 6) is 1.20. The molecule has 0 bridgehead atoms. The Labute approximate surface area is 128 Å². The molecule has 1 N–H and O–H groups in total. The van der Waals surface area contributed by atoms with Crippen LogP contribution in [0.1, 0.15) is 5.69 Å². The van der Waals surface area contributed by atoms with Gasteiger partial charge in [-0.2, -0.15) is 10.1 Å². The summed E-state index contributed by atoms with van der Waals surface area (Å²) in [7, 11) is 1.95. The maximum atomic E-state index is 4.48. The van der Waals surface area contributed by atoms with Crippen molar-refractivity contribution in [3.8, 4) is 0 Å². The molecule has 0 saturated heterocycles. The minimum Gasteiger partial charge on any atom is -0.347 e. The van der Waals surface area contributed by atoms with Gasteiger partial charge in [-0.15, -0.1) is 5.10 Å². The lowest BCUT2D eigenvalue weighted by Crippen LogP contribution is -2.14. The minimum atomic E-state index is 0.478. The van der Waals surface area contributed by atoms with E-state index in [0.29, 0.717) is 12.5 Å². The van der Waals surface area contributed by atoms with Crippen LogP contribution in [0.5, 0.6) is 0 Å². The van der Waals surface area contributed by atoms with Crippen molar-refractivity contribution in [2.45, 2.75) is 6.54 Å². The number of nitrogens with zero attached hydrogens (tertiary/aromatic N) is 5. The Kier molecular flexibility index (Phi) is 4.20. The molecule has 3 rings (SSSR count). The summed E-state index contributed by atoms with van der Waals surface area (Å²) in [5.41, 5.74) is 1.96. The van der Waals surface area contributed by atoms with Crippen molar-refractivity contribution in [3.63, 3.8) is 0 Å². The lowest BCUT2D eigenvalue weighted by Gasteiger charge is -2.17. The molecule has 0 aliphatic heterocycles. The van der Waals surface area contributed by atoms with Crippen molar-refractivity contribution in [3.05, 3.63) is 66.6 Å². The van der Waals surface area contributed by atoms with Crippen LogP contribution in [-0.2, 0) is 6.54 Å². The highest BCUT2D eigenvalue weighted by atomic mass is 15.3. The summed E-state index contributed by atoms with van der Waals surface area (Å²) in [6.07, 6.45) is 3.40. The van der Waals surface area contributed by atoms with Gasteiger partial charge in [0.15, 0.2) is 5.82 Å². The van der Waals surface area contributed by atoms with E-state index in [1.54, 1.807) is 12.4 Å². The van der Waals surface area contributed by atoms with Crippen LogP contribution >= 0.6 is 0 Å². The normalized spacial score (nSPS) is 10.2. The molecule has 0 aliphatic carbocycles. The Morgan fingerprint density at radius 2 is 1.86 bits per heavy atom. The Morgan fingerprint density at radius 1 is 1.05 bits per heavy atom. The number of nitrogens with one attached hydrogen (secondary N) is 1. The molecule has 3 aromatic rings. The van der Waals surface area contributed by atoms with Gasteiger partial charge in [-0.3, -0.25) is 4.98 Å². The lowest BCUT2D eigenvalue weighted by atomic mass is 10.3. The van der Waals surface area contributed by atoms with Gasteiger partial charge in [-0.05, 0) is 24.3 Å². The second kappa shape index (κ2) is 6.62. The molecule has 1 aromatic carbocycles. The topological polar surface area (TPSA) is 66.8 Å². The van der Waals surface area contributed by atoms with Crippen LogP contribution in [0.25, 0.3) is 0 Å². The molecule has 0 atom stereocenters. The van der Waals surface area contributed by atoms with Crippen LogP contribution in [0.2, 0.25) is 0 Å². The second-order valence-corrected chi connectivity index (χ2v) is 4.71. The monoisotopic (exact) mass is 292 g/mol. The van der Waals surface area contributed by atoms with E-state index in [-0.39, 0.29) is 0 Å². The van der Waals surface area contributed by atoms with E-state index >= 15 is 0 Å². The fourth-order valence-corrected chi connectivity index (χ4v) is 1.99. The highest BCUT2D eigenvalue weighted by molar-refractivity contribution is 5.58. The van der Waals surface area contributed by atoms with E-state index in [9.17, 15) is 0 Å². The van der Waals surface area contributed by atoms with E-state index in [0.717, 1.165) is 17.2 Å². The van der Waals surface area contributed by atoms with Gasteiger partial charge < -0.3 is 10.2 Å². The molecule has 22 heavy (non-hydrogen) atoms. The van der Waals surface area contributed by atoms with Crippen molar-refractivity contribution in [2.24, 2.45) is 0 Å². The third-order valence-electron chi connectivity index (χ3n) is 3.19. The average molecular weight is 292 g/mol. The molecular weight excluding hydrogens is 276 g/mol. The number of hydrogen-bond acceptors (Lipinski definition) is 6. The smallest absolute Gasteiger partial charge is 0.245 e. The van der Waals surface area contributed by atoms with Gasteiger partial charge in [0.25, 0.3) is 0 Å². The number of benzene rings is 1. The predicted molar refractivity (Wildman–Crippen MR) is 85.9 cm³/mol. The predicted octanol–water partition coefficient (Wildman–Crippen LogP) is 2.65. The van der Waals surface area contributed by atoms with Crippen LogP contribution in [0.15, 0.2) is 60.9 Å². The third-order valence-corrected chi connectivity index (χ3v) is 3.19. The maximum Gasteiger partial charge on any atom is 0.245 e. The van der Waals surface area contributed by atoms with E-state index in [2.05, 4.69) is 25.5 Å². The largest absolute Gasteiger partial charge is 0.347 e. The number of hydrogen-bond donors (Lipinski definition) is 1. The molecule has 0 saturated carbocycles. The van der Waals surface area contributed by atoms with Crippen LogP contribution < -0.4 is 10.2 Å². The zero-order valence-corrected chi connectivity index (χ0v) is 12.2. The van der Waals surface area contributed by atoms with E-state index in [4.69, 9.17) is 0 Å². The highest BCUT2D eigenvalue weighted by Gasteiger charge is 2.07. The summed E-state index contributed by atoms with van der Waals surface area (Å²) in [4.78, 5) is 10.7. The number of anilines is 3. The number of pyridine rings is 1. The molecule has 110 valence electrons. The fourth-order valence-electron chi connectivity index (χ4n) is 1.99. The van der Waals surface area contributed by atoms with Crippen LogP contribution in [0.4, 0.5) is 17.5 Å². The molecule has 2 aromatic heterocycles. The van der Waals surface area contributed by atoms with Gasteiger partial charge in [-0.25, -0.2) is 0 Å². The molecule has 0 fully saturated rings. The molecule has 0 amide bonds. The van der Waals surface area contributed by atoms with Crippen molar-refractivity contribution in [1.82, 2.24) is 20.2 Å². The van der Waals surface area contributed by atoms with Gasteiger partial charge in [0.2, 0.25) is 5.95 Å². The molecule has 0 spiro atoms. The zero-order valence-electron chi connectivity index (χ0n) is 12.2. The molecule has 0 radical (unpaired) electrons. The first-order valence-corrected chi connectivity index (χ1v) is 6.95. The van der Waals surface area contributed by atoms with Gasteiger partial charge in [0.05, 0.1) is 18.4 Å². The summed E-state index contributed by atoms with van der Waals surface area (Å²) in [6, 6.07) is 15.8. The highest BCUT2D eigenvalue weighted by Crippen LogP contribution is 2.20. The standard InChI is InChI=1S/C16H16N6/c1-22(14-8-3-2-4-9-14)15-12-19-21-16(20-15)18-11-13-7-5-6-10-17-13/h2-10,12H,11H2,1H3,(H,18,20,21). The van der Waals surface area contributed by atoms with Gasteiger partial charge in [-0.1, -0.05) is 24.3 Å². The van der Waals surface area contributed by atoms with Crippen molar-refractivity contribution >= 4 is 17.5 Å². The minimum absolute atomic E-state index is 0.478. The fraction of sp³-hybridized carbons (Fsp3) is 0.125. The van der Waals surface area contributed by atoms with Crippen LogP contribution in [0.3, 0.4) is 0 Å². The van der Waals surface area contributed by atoms with Crippen molar-refractivity contribution in [2.75, 3.05) is 17.3 Å². The number of para-hydroxylation sites is 1. The van der Waals surface area contributed by atoms with Gasteiger partial charge in [0, 0.05) is 18.9 Å². The maximum absolute atomic E-state index is 4.48. The molecule has 2 heterocycles. The second-order valence-electron chi connectivity index (χ2n) is 4.71. The van der Waals surface area contributed by atoms with Crippen LogP contribution in [0, 0.1) is 0 Å². The quantitative estimate of drug-likeness (QED) is 0.780. The summed E-state index contributed by atoms with van der Waals surface area (Å²) >= 11 is 0. The van der Waals surface area contributed by atoms with Crippen LogP contribution in [-0.4, -0.2) is 27.2 Å². The van der Waals surface area contributed by atoms with Crippen molar-refractivity contribution in [1.29, 1.82) is 0 Å². The summed E-state index contributed by atoms with van der Waals surface area (Å²) < 4.78 is 0. The Morgan fingerprint density at radius 3 is 2.64 bits per heavy atom. The first-order valence-electron chi connectivity index (χ1n) is 6.95. The van der Waals surface area contributed by atoms with E-state index in [1.807, 2.05) is 60.5 Å². The van der Waals surface area contributed by atoms with Gasteiger partial charge >= 0.3 is 0 Å². The summed E-state index contributed by atoms with van der Waals surface area (Å²) in [5, 5.41) is 11.1. The molecule has 0 aliphatic rings. The first kappa shape index (κ1) is 13.9. The average Bonchev–Trinajstić information content (AvgIpc) is 2.61. The zero-order chi connectivity index (χ0) is 15.2. The molecule has 0 unspecified atom stereocenters. The first-order chi connectivity index (χ1) is 10.8. The molecular formula is C16H16N6. The summed E-state index contributed by atoms with van der Waals surface area (Å²) in [6.45, 7) is 0.557. The molecule has 6 heteroatoms. The molecule has 6 nitrogen and oxygen atoms in total. The number of rotatable bonds is 5. The Hall–Kier alpha value is -3.02. The number of aromatic nitrogens is 4.